The smallest absolute Gasteiger partial charge is 0.258 e. The number of carbonyl (C=O) groups is 1. The van der Waals surface area contributed by atoms with Gasteiger partial charge in [-0.3, -0.25) is 4.79 Å². The Morgan fingerprint density at radius 1 is 1.11 bits per heavy atom. The van der Waals surface area contributed by atoms with Crippen LogP contribution in [0.4, 0.5) is 0 Å². The van der Waals surface area contributed by atoms with Crippen LogP contribution < -0.4 is 14.2 Å². The van der Waals surface area contributed by atoms with E-state index < -0.39 is 0 Å². The Hall–Kier alpha value is -2.73. The molecular weight excluding hydrogens is 368 g/mol. The molecule has 0 bridgehead atoms. The standard InChI is InChI=1S/C20H21ClN2O4/c1-25-14-9-7-13(8-10-14)16-11-17(23(22-16)19(24)12-21)15-5-4-6-18(26-2)20(15)27-3/h4-10,17H,11-12H2,1-3H3/t17-/m1/s1. The number of hydrogen-bond donors (Lipinski definition) is 0. The van der Waals surface area contributed by atoms with E-state index in [2.05, 4.69) is 5.10 Å². The molecule has 1 atom stereocenters. The average Bonchev–Trinajstić information content (AvgIpc) is 3.17. The van der Waals surface area contributed by atoms with E-state index in [0.717, 1.165) is 22.6 Å². The summed E-state index contributed by atoms with van der Waals surface area (Å²) < 4.78 is 16.1. The Bertz CT molecular complexity index is 852. The van der Waals surface area contributed by atoms with E-state index in [1.807, 2.05) is 42.5 Å². The Kier molecular flexibility index (Phi) is 5.86. The highest BCUT2D eigenvalue weighted by Crippen LogP contribution is 2.41. The van der Waals surface area contributed by atoms with Crippen molar-refractivity contribution in [3.05, 3.63) is 53.6 Å². The van der Waals surface area contributed by atoms with Gasteiger partial charge in [0.2, 0.25) is 0 Å². The van der Waals surface area contributed by atoms with Crippen LogP contribution in [0, 0.1) is 0 Å². The minimum Gasteiger partial charge on any atom is -0.497 e. The number of methoxy groups -OCH3 is 3. The van der Waals surface area contributed by atoms with Gasteiger partial charge in [0.05, 0.1) is 33.1 Å². The first-order valence-corrected chi connectivity index (χ1v) is 8.97. The lowest BCUT2D eigenvalue weighted by molar-refractivity contribution is -0.130. The van der Waals surface area contributed by atoms with E-state index in [0.29, 0.717) is 17.9 Å². The van der Waals surface area contributed by atoms with E-state index in [4.69, 9.17) is 25.8 Å². The highest BCUT2D eigenvalue weighted by atomic mass is 35.5. The van der Waals surface area contributed by atoms with Crippen molar-refractivity contribution in [3.8, 4) is 17.2 Å². The second-order valence-electron chi connectivity index (χ2n) is 5.95. The zero-order valence-corrected chi connectivity index (χ0v) is 16.2. The van der Waals surface area contributed by atoms with Gasteiger partial charge in [0.15, 0.2) is 11.5 Å². The fourth-order valence-corrected chi connectivity index (χ4v) is 3.30. The van der Waals surface area contributed by atoms with Gasteiger partial charge in [-0.2, -0.15) is 5.10 Å². The molecule has 0 radical (unpaired) electrons. The summed E-state index contributed by atoms with van der Waals surface area (Å²) in [6, 6.07) is 12.8. The van der Waals surface area contributed by atoms with Crippen molar-refractivity contribution in [1.29, 1.82) is 0 Å². The number of nitrogens with zero attached hydrogens (tertiary/aromatic N) is 2. The van der Waals surface area contributed by atoms with Gasteiger partial charge in [-0.15, -0.1) is 11.6 Å². The molecule has 0 unspecified atom stereocenters. The molecule has 6 nitrogen and oxygen atoms in total. The fraction of sp³-hybridized carbons (Fsp3) is 0.300. The zero-order chi connectivity index (χ0) is 19.4. The van der Waals surface area contributed by atoms with Crippen molar-refractivity contribution >= 4 is 23.2 Å². The molecule has 1 aliphatic rings. The Balaban J connectivity index is 2.00. The van der Waals surface area contributed by atoms with E-state index in [9.17, 15) is 4.79 Å². The van der Waals surface area contributed by atoms with Gasteiger partial charge in [-0.1, -0.05) is 12.1 Å². The second kappa shape index (κ2) is 8.31. The number of carbonyl (C=O) groups excluding carboxylic acids is 1. The van der Waals surface area contributed by atoms with Crippen LogP contribution in [0.1, 0.15) is 23.6 Å². The van der Waals surface area contributed by atoms with Crippen molar-refractivity contribution in [2.45, 2.75) is 12.5 Å². The minimum atomic E-state index is -0.321. The molecule has 1 amide bonds. The molecule has 0 N–H and O–H groups in total. The molecule has 27 heavy (non-hydrogen) atoms. The number of ether oxygens (including phenoxy) is 3. The molecule has 1 heterocycles. The van der Waals surface area contributed by atoms with Crippen LogP contribution >= 0.6 is 11.6 Å². The lowest BCUT2D eigenvalue weighted by Gasteiger charge is -2.23. The van der Waals surface area contributed by atoms with Gasteiger partial charge in [0.25, 0.3) is 5.91 Å². The van der Waals surface area contributed by atoms with Crippen molar-refractivity contribution < 1.29 is 19.0 Å². The maximum absolute atomic E-state index is 12.4. The summed E-state index contributed by atoms with van der Waals surface area (Å²) in [4.78, 5) is 12.4. The summed E-state index contributed by atoms with van der Waals surface area (Å²) in [5.74, 6) is 1.53. The molecule has 142 valence electrons. The Labute approximate surface area is 163 Å². The molecule has 0 saturated heterocycles. The molecule has 0 spiro atoms. The lowest BCUT2D eigenvalue weighted by Crippen LogP contribution is -2.28. The van der Waals surface area contributed by atoms with Gasteiger partial charge >= 0.3 is 0 Å². The predicted molar refractivity (Wildman–Crippen MR) is 104 cm³/mol. The molecule has 0 aliphatic carbocycles. The summed E-state index contributed by atoms with van der Waals surface area (Å²) in [5.41, 5.74) is 2.54. The number of hydrazone groups is 1. The molecule has 7 heteroatoms. The molecule has 1 aliphatic heterocycles. The molecule has 2 aromatic carbocycles. The van der Waals surface area contributed by atoms with E-state index in [1.165, 1.54) is 5.01 Å². The minimum absolute atomic E-state index is 0.151. The summed E-state index contributed by atoms with van der Waals surface area (Å²) in [6.07, 6.45) is 0.540. The van der Waals surface area contributed by atoms with Gasteiger partial charge in [0.1, 0.15) is 11.6 Å². The van der Waals surface area contributed by atoms with Crippen molar-refractivity contribution in [1.82, 2.24) is 5.01 Å². The monoisotopic (exact) mass is 388 g/mol. The van der Waals surface area contributed by atoms with Crippen LogP contribution in [0.15, 0.2) is 47.6 Å². The number of rotatable bonds is 6. The number of halogens is 1. The summed E-state index contributed by atoms with van der Waals surface area (Å²) in [6.45, 7) is 0. The van der Waals surface area contributed by atoms with Crippen molar-refractivity contribution in [2.24, 2.45) is 5.10 Å². The third-order valence-corrected chi connectivity index (χ3v) is 4.72. The van der Waals surface area contributed by atoms with Gasteiger partial charge in [-0.05, 0) is 35.9 Å². The molecule has 0 fully saturated rings. The first kappa shape index (κ1) is 19.0. The first-order chi connectivity index (χ1) is 13.1. The number of para-hydroxylation sites is 1. The fourth-order valence-electron chi connectivity index (χ4n) is 3.18. The largest absolute Gasteiger partial charge is 0.497 e. The van der Waals surface area contributed by atoms with E-state index >= 15 is 0 Å². The maximum atomic E-state index is 12.4. The Morgan fingerprint density at radius 3 is 2.44 bits per heavy atom. The number of hydrogen-bond acceptors (Lipinski definition) is 5. The maximum Gasteiger partial charge on any atom is 0.258 e. The second-order valence-corrected chi connectivity index (χ2v) is 6.22. The van der Waals surface area contributed by atoms with Gasteiger partial charge in [0, 0.05) is 12.0 Å². The van der Waals surface area contributed by atoms with Gasteiger partial charge < -0.3 is 14.2 Å². The van der Waals surface area contributed by atoms with Crippen LogP contribution in [0.2, 0.25) is 0 Å². The normalized spacial score (nSPS) is 16.1. The summed E-state index contributed by atoms with van der Waals surface area (Å²) in [5, 5.41) is 5.99. The highest BCUT2D eigenvalue weighted by Gasteiger charge is 2.35. The zero-order valence-electron chi connectivity index (χ0n) is 15.4. The summed E-state index contributed by atoms with van der Waals surface area (Å²) in [7, 11) is 4.78. The van der Waals surface area contributed by atoms with Crippen LogP contribution in [-0.4, -0.2) is 43.8 Å². The first-order valence-electron chi connectivity index (χ1n) is 8.43. The third-order valence-electron chi connectivity index (χ3n) is 4.50. The topological polar surface area (TPSA) is 60.4 Å². The van der Waals surface area contributed by atoms with Crippen LogP contribution in [0.5, 0.6) is 17.2 Å². The lowest BCUT2D eigenvalue weighted by atomic mass is 9.97. The average molecular weight is 389 g/mol. The van der Waals surface area contributed by atoms with E-state index in [-0.39, 0.29) is 17.8 Å². The van der Waals surface area contributed by atoms with Crippen molar-refractivity contribution in [3.63, 3.8) is 0 Å². The molecule has 0 aromatic heterocycles. The Morgan fingerprint density at radius 2 is 1.85 bits per heavy atom. The quantitative estimate of drug-likeness (QED) is 0.709. The SMILES string of the molecule is COc1ccc(C2=NN(C(=O)CCl)[C@@H](c3cccc(OC)c3OC)C2)cc1. The summed E-state index contributed by atoms with van der Waals surface area (Å²) >= 11 is 5.82. The van der Waals surface area contributed by atoms with E-state index in [1.54, 1.807) is 21.3 Å². The molecular formula is C20H21ClN2O4. The molecule has 3 rings (SSSR count). The number of amides is 1. The van der Waals surface area contributed by atoms with Gasteiger partial charge in [-0.25, -0.2) is 5.01 Å². The number of alkyl halides is 1. The predicted octanol–water partition coefficient (Wildman–Crippen LogP) is 3.63. The third kappa shape index (κ3) is 3.71. The van der Waals surface area contributed by atoms with Crippen LogP contribution in [0.25, 0.3) is 0 Å². The highest BCUT2D eigenvalue weighted by molar-refractivity contribution is 6.27. The van der Waals surface area contributed by atoms with Crippen molar-refractivity contribution in [2.75, 3.05) is 27.2 Å². The molecule has 0 saturated carbocycles. The molecule has 2 aromatic rings. The van der Waals surface area contributed by atoms with Crippen LogP contribution in [0.3, 0.4) is 0 Å². The number of benzene rings is 2. The van der Waals surface area contributed by atoms with Crippen LogP contribution in [-0.2, 0) is 4.79 Å².